The number of hydrogen-bond donors (Lipinski definition) is 3. The molecule has 0 saturated heterocycles. The van der Waals surface area contributed by atoms with Crippen molar-refractivity contribution in [2.75, 3.05) is 0 Å². The highest BCUT2D eigenvalue weighted by atomic mass is 16.6. The van der Waals surface area contributed by atoms with Crippen LogP contribution in [0.3, 0.4) is 0 Å². The second-order valence-electron chi connectivity index (χ2n) is 4.91. The first kappa shape index (κ1) is 15.5. The number of carboxylic acids is 1. The monoisotopic (exact) mass is 289 g/mol. The van der Waals surface area contributed by atoms with E-state index in [-0.39, 0.29) is 0 Å². The summed E-state index contributed by atoms with van der Waals surface area (Å²) in [4.78, 5) is 46.2. The molecule has 1 rings (SSSR count). The molecule has 0 unspecified atom stereocenters. The topological polar surface area (TPSA) is 144 Å². The van der Waals surface area contributed by atoms with Gasteiger partial charge in [0.25, 0.3) is 0 Å². The van der Waals surface area contributed by atoms with E-state index >= 15 is 0 Å². The third kappa shape index (κ3) is 4.63. The van der Waals surface area contributed by atoms with Crippen molar-refractivity contribution in [1.29, 1.82) is 0 Å². The summed E-state index contributed by atoms with van der Waals surface area (Å²) in [6.45, 7) is 4.28. The van der Waals surface area contributed by atoms with Crippen molar-refractivity contribution in [1.82, 2.24) is 15.0 Å². The van der Waals surface area contributed by atoms with Crippen LogP contribution in [0.15, 0.2) is 14.1 Å². The maximum Gasteiger partial charge on any atom is 0.440 e. The van der Waals surface area contributed by atoms with Gasteiger partial charge in [0.2, 0.25) is 0 Å². The van der Waals surface area contributed by atoms with Gasteiger partial charge in [0, 0.05) is 0 Å². The van der Waals surface area contributed by atoms with E-state index in [9.17, 15) is 19.2 Å². The highest BCUT2D eigenvalue weighted by Gasteiger charge is 2.25. The van der Waals surface area contributed by atoms with Crippen molar-refractivity contribution in [2.24, 2.45) is 0 Å². The van der Waals surface area contributed by atoms with Crippen LogP contribution in [0.1, 0.15) is 20.8 Å². The lowest BCUT2D eigenvalue weighted by Crippen LogP contribution is -2.46. The molecule has 0 aromatic carbocycles. The zero-order valence-electron chi connectivity index (χ0n) is 11.1. The quantitative estimate of drug-likeness (QED) is 0.652. The van der Waals surface area contributed by atoms with Crippen LogP contribution in [-0.4, -0.2) is 38.5 Å². The summed E-state index contributed by atoms with van der Waals surface area (Å²) >= 11 is 0. The number of aromatic nitrogens is 2. The number of aliphatic carboxylic acids is 1. The van der Waals surface area contributed by atoms with E-state index in [1.807, 2.05) is 0 Å². The standard InChI is InChI=1S/C10H15N3O7/c1-10(2,3)19-8(17)11-5(6(14)15)4-13-7(16)12-9(18)20-13/h5H,4H2,1-3H3,(H,11,17)(H,14,15)(H,12,16,18)/t5-/m0/s1. The summed E-state index contributed by atoms with van der Waals surface area (Å²) < 4.78 is 9.80. The van der Waals surface area contributed by atoms with Crippen molar-refractivity contribution < 1.29 is 24.0 Å². The van der Waals surface area contributed by atoms with Crippen molar-refractivity contribution in [3.63, 3.8) is 0 Å². The molecule has 1 aromatic rings. The first-order chi connectivity index (χ1) is 9.08. The van der Waals surface area contributed by atoms with Crippen LogP contribution in [-0.2, 0) is 16.1 Å². The summed E-state index contributed by atoms with van der Waals surface area (Å²) in [5.41, 5.74) is -1.71. The summed E-state index contributed by atoms with van der Waals surface area (Å²) in [5, 5.41) is 11.0. The lowest BCUT2D eigenvalue weighted by Gasteiger charge is -2.21. The normalized spacial score (nSPS) is 12.8. The molecule has 0 aliphatic heterocycles. The molecule has 20 heavy (non-hydrogen) atoms. The molecule has 0 spiro atoms. The van der Waals surface area contributed by atoms with Gasteiger partial charge in [-0.15, -0.1) is 4.74 Å². The average molecular weight is 289 g/mol. The Bertz CT molecular complexity index is 603. The summed E-state index contributed by atoms with van der Waals surface area (Å²) in [6, 6.07) is -1.48. The Balaban J connectivity index is 2.78. The number of nitrogens with one attached hydrogen (secondary N) is 2. The fraction of sp³-hybridized carbons (Fsp3) is 0.600. The number of aromatic amines is 1. The smallest absolute Gasteiger partial charge is 0.440 e. The number of amides is 1. The van der Waals surface area contributed by atoms with Crippen LogP contribution in [0, 0.1) is 0 Å². The minimum Gasteiger partial charge on any atom is -0.480 e. The zero-order chi connectivity index (χ0) is 15.5. The molecular formula is C10H15N3O7. The van der Waals surface area contributed by atoms with Gasteiger partial charge in [-0.25, -0.2) is 24.2 Å². The van der Waals surface area contributed by atoms with Gasteiger partial charge in [-0.2, -0.15) is 0 Å². The molecule has 0 bridgehead atoms. The molecule has 10 nitrogen and oxygen atoms in total. The van der Waals surface area contributed by atoms with Crippen LogP contribution in [0.5, 0.6) is 0 Å². The van der Waals surface area contributed by atoms with Crippen molar-refractivity contribution in [3.05, 3.63) is 21.0 Å². The van der Waals surface area contributed by atoms with Gasteiger partial charge in [0.15, 0.2) is 6.04 Å². The maximum atomic E-state index is 11.5. The first-order valence-electron chi connectivity index (χ1n) is 5.61. The van der Waals surface area contributed by atoms with Gasteiger partial charge >= 0.3 is 23.5 Å². The van der Waals surface area contributed by atoms with Crippen LogP contribution in [0.4, 0.5) is 4.79 Å². The number of carboxylic acid groups (broad SMARTS) is 1. The molecule has 0 saturated carbocycles. The predicted molar refractivity (Wildman–Crippen MR) is 64.4 cm³/mol. The second kappa shape index (κ2) is 5.63. The lowest BCUT2D eigenvalue weighted by atomic mass is 10.2. The van der Waals surface area contributed by atoms with E-state index in [1.165, 1.54) is 0 Å². The molecule has 1 aromatic heterocycles. The predicted octanol–water partition coefficient (Wildman–Crippen LogP) is -0.892. The molecule has 1 atom stereocenters. The third-order valence-electron chi connectivity index (χ3n) is 1.97. The van der Waals surface area contributed by atoms with E-state index in [4.69, 9.17) is 9.84 Å². The summed E-state index contributed by atoms with van der Waals surface area (Å²) in [5.74, 6) is -2.43. The van der Waals surface area contributed by atoms with Crippen LogP contribution >= 0.6 is 0 Å². The maximum absolute atomic E-state index is 11.5. The number of ether oxygens (including phenoxy) is 1. The van der Waals surface area contributed by atoms with E-state index in [1.54, 1.807) is 25.8 Å². The molecule has 0 fully saturated rings. The molecule has 10 heteroatoms. The summed E-state index contributed by atoms with van der Waals surface area (Å²) in [6.07, 6.45) is -0.962. The lowest BCUT2D eigenvalue weighted by molar-refractivity contribution is -0.140. The number of hydrogen-bond acceptors (Lipinski definition) is 6. The first-order valence-corrected chi connectivity index (χ1v) is 5.61. The van der Waals surface area contributed by atoms with Crippen molar-refractivity contribution in [3.8, 4) is 0 Å². The van der Waals surface area contributed by atoms with E-state index in [2.05, 4.69) is 9.84 Å². The minimum absolute atomic E-state index is 0.499. The number of carbonyl (C=O) groups is 2. The van der Waals surface area contributed by atoms with Gasteiger partial charge in [0.05, 0.1) is 6.54 Å². The Morgan fingerprint density at radius 3 is 2.45 bits per heavy atom. The van der Waals surface area contributed by atoms with Gasteiger partial charge in [-0.1, -0.05) is 0 Å². The molecule has 1 amide bonds. The number of alkyl carbamates (subject to hydrolysis) is 1. The zero-order valence-corrected chi connectivity index (χ0v) is 11.1. The van der Waals surface area contributed by atoms with Crippen LogP contribution in [0.25, 0.3) is 0 Å². The highest BCUT2D eigenvalue weighted by Crippen LogP contribution is 2.06. The Labute approximate surface area is 112 Å². The summed E-state index contributed by atoms with van der Waals surface area (Å²) in [7, 11) is 0. The molecule has 112 valence electrons. The van der Waals surface area contributed by atoms with E-state index in [0.29, 0.717) is 4.74 Å². The Morgan fingerprint density at radius 1 is 1.45 bits per heavy atom. The SMILES string of the molecule is CC(C)(C)OC(=O)N[C@@H](Cn1oc(=O)[nH]c1=O)C(=O)O. The van der Waals surface area contributed by atoms with Crippen molar-refractivity contribution >= 4 is 12.1 Å². The Hall–Kier alpha value is -2.52. The van der Waals surface area contributed by atoms with Crippen LogP contribution < -0.4 is 16.8 Å². The third-order valence-corrected chi connectivity index (χ3v) is 1.97. The highest BCUT2D eigenvalue weighted by molar-refractivity contribution is 5.79. The van der Waals surface area contributed by atoms with E-state index < -0.39 is 41.7 Å². The minimum atomic E-state index is -1.48. The fourth-order valence-corrected chi connectivity index (χ4v) is 1.24. The molecule has 1 heterocycles. The fourth-order valence-electron chi connectivity index (χ4n) is 1.24. The second-order valence-corrected chi connectivity index (χ2v) is 4.91. The molecule has 0 aliphatic carbocycles. The van der Waals surface area contributed by atoms with Gasteiger partial charge in [-0.05, 0) is 20.8 Å². The number of rotatable bonds is 4. The Kier molecular flexibility index (Phi) is 4.38. The van der Waals surface area contributed by atoms with Gasteiger partial charge in [-0.3, -0.25) is 0 Å². The molecule has 0 radical (unpaired) electrons. The average Bonchev–Trinajstić information content (AvgIpc) is 2.53. The number of H-pyrrole nitrogens is 1. The van der Waals surface area contributed by atoms with Gasteiger partial charge in [0.1, 0.15) is 5.60 Å². The number of carbonyl (C=O) groups excluding carboxylic acids is 1. The molecular weight excluding hydrogens is 274 g/mol. The Morgan fingerprint density at radius 2 is 2.05 bits per heavy atom. The van der Waals surface area contributed by atoms with Crippen molar-refractivity contribution in [2.45, 2.75) is 39.0 Å². The van der Waals surface area contributed by atoms with Gasteiger partial charge < -0.3 is 19.7 Å². The largest absolute Gasteiger partial charge is 0.480 e. The number of nitrogens with zero attached hydrogens (tertiary/aromatic N) is 1. The molecule has 3 N–H and O–H groups in total. The van der Waals surface area contributed by atoms with E-state index in [0.717, 1.165) is 0 Å². The molecule has 0 aliphatic rings. The van der Waals surface area contributed by atoms with Crippen LogP contribution in [0.2, 0.25) is 0 Å².